The van der Waals surface area contributed by atoms with E-state index in [2.05, 4.69) is 34.9 Å². The molecule has 5 heteroatoms. The topological polar surface area (TPSA) is 50.4 Å². The van der Waals surface area contributed by atoms with Crippen molar-refractivity contribution in [3.63, 3.8) is 0 Å². The zero-order chi connectivity index (χ0) is 16.4. The molecule has 3 rings (SSSR count). The zero-order valence-electron chi connectivity index (χ0n) is 14.1. The molecule has 0 spiro atoms. The van der Waals surface area contributed by atoms with Crippen LogP contribution in [-0.4, -0.2) is 29.5 Å². The standard InChI is InChI=1S/C18H26N2O2S/c1-18(2,3)22-17(21)20-13-10-12(11-13)19-15-8-9-23-16-7-5-4-6-14(15)16/h4-7,12-13,15,19H,8-11H2,1-3H3,(H,20,21). The first-order valence-electron chi connectivity index (χ1n) is 8.38. The van der Waals surface area contributed by atoms with Crippen molar-refractivity contribution in [3.8, 4) is 0 Å². The maximum Gasteiger partial charge on any atom is 0.407 e. The van der Waals surface area contributed by atoms with Gasteiger partial charge in [-0.05, 0) is 57.4 Å². The summed E-state index contributed by atoms with van der Waals surface area (Å²) in [5.41, 5.74) is 0.988. The lowest BCUT2D eigenvalue weighted by atomic mass is 9.85. The first-order chi connectivity index (χ1) is 10.9. The minimum atomic E-state index is -0.436. The fraction of sp³-hybridized carbons (Fsp3) is 0.611. The second-order valence-corrected chi connectivity index (χ2v) is 8.54. The van der Waals surface area contributed by atoms with Gasteiger partial charge in [0.05, 0.1) is 0 Å². The van der Waals surface area contributed by atoms with E-state index in [-0.39, 0.29) is 12.1 Å². The average Bonchev–Trinajstić information content (AvgIpc) is 2.43. The normalized spacial score (nSPS) is 26.8. The van der Waals surface area contributed by atoms with Crippen molar-refractivity contribution in [2.24, 2.45) is 0 Å². The van der Waals surface area contributed by atoms with Crippen molar-refractivity contribution in [2.75, 3.05) is 5.75 Å². The molecule has 1 aliphatic heterocycles. The van der Waals surface area contributed by atoms with E-state index in [1.807, 2.05) is 32.5 Å². The molecule has 1 heterocycles. The van der Waals surface area contributed by atoms with E-state index in [1.165, 1.54) is 22.6 Å². The SMILES string of the molecule is CC(C)(C)OC(=O)NC1CC(NC2CCSc3ccccc32)C1. The second kappa shape index (κ2) is 6.73. The number of alkyl carbamates (subject to hydrolysis) is 1. The van der Waals surface area contributed by atoms with Gasteiger partial charge in [-0.3, -0.25) is 0 Å². The molecule has 0 saturated heterocycles. The Labute approximate surface area is 142 Å². The molecule has 1 atom stereocenters. The molecular formula is C18H26N2O2S. The Morgan fingerprint density at radius 1 is 1.22 bits per heavy atom. The van der Waals surface area contributed by atoms with Crippen LogP contribution in [0.25, 0.3) is 0 Å². The Kier molecular flexibility index (Phi) is 4.87. The lowest BCUT2D eigenvalue weighted by molar-refractivity contribution is 0.0462. The number of benzene rings is 1. The molecule has 1 aromatic carbocycles. The Morgan fingerprint density at radius 3 is 2.70 bits per heavy atom. The molecule has 1 amide bonds. The number of carbonyl (C=O) groups is 1. The van der Waals surface area contributed by atoms with Crippen molar-refractivity contribution >= 4 is 17.9 Å². The molecule has 0 bridgehead atoms. The van der Waals surface area contributed by atoms with Crippen LogP contribution in [0.15, 0.2) is 29.2 Å². The first-order valence-corrected chi connectivity index (χ1v) is 9.36. The van der Waals surface area contributed by atoms with Crippen LogP contribution in [0, 0.1) is 0 Å². The van der Waals surface area contributed by atoms with Crippen molar-refractivity contribution in [1.29, 1.82) is 0 Å². The van der Waals surface area contributed by atoms with Gasteiger partial charge in [0.25, 0.3) is 0 Å². The van der Waals surface area contributed by atoms with Gasteiger partial charge in [0.2, 0.25) is 0 Å². The van der Waals surface area contributed by atoms with E-state index in [9.17, 15) is 4.79 Å². The van der Waals surface area contributed by atoms with E-state index in [0.717, 1.165) is 12.8 Å². The molecule has 4 nitrogen and oxygen atoms in total. The monoisotopic (exact) mass is 334 g/mol. The molecule has 2 aliphatic rings. The van der Waals surface area contributed by atoms with Crippen LogP contribution in [0.2, 0.25) is 0 Å². The molecule has 0 radical (unpaired) electrons. The van der Waals surface area contributed by atoms with Gasteiger partial charge in [-0.1, -0.05) is 18.2 Å². The molecule has 1 unspecified atom stereocenters. The van der Waals surface area contributed by atoms with E-state index >= 15 is 0 Å². The quantitative estimate of drug-likeness (QED) is 0.881. The third-order valence-corrected chi connectivity index (χ3v) is 5.38. The van der Waals surface area contributed by atoms with Crippen LogP contribution < -0.4 is 10.6 Å². The molecule has 23 heavy (non-hydrogen) atoms. The maximum atomic E-state index is 11.8. The number of carbonyl (C=O) groups excluding carboxylic acids is 1. The van der Waals surface area contributed by atoms with Crippen LogP contribution in [0.4, 0.5) is 4.79 Å². The van der Waals surface area contributed by atoms with Crippen molar-refractivity contribution in [3.05, 3.63) is 29.8 Å². The Hall–Kier alpha value is -1.20. The summed E-state index contributed by atoms with van der Waals surface area (Å²) in [6, 6.07) is 9.83. The minimum absolute atomic E-state index is 0.232. The highest BCUT2D eigenvalue weighted by Crippen LogP contribution is 2.37. The Morgan fingerprint density at radius 2 is 1.96 bits per heavy atom. The van der Waals surface area contributed by atoms with Gasteiger partial charge in [-0.2, -0.15) is 0 Å². The van der Waals surface area contributed by atoms with Gasteiger partial charge in [0.15, 0.2) is 0 Å². The summed E-state index contributed by atoms with van der Waals surface area (Å²) in [5.74, 6) is 1.17. The number of hydrogen-bond acceptors (Lipinski definition) is 4. The van der Waals surface area contributed by atoms with Crippen molar-refractivity contribution in [2.45, 2.75) is 68.7 Å². The molecule has 1 fully saturated rings. The van der Waals surface area contributed by atoms with Crippen LogP contribution in [0.3, 0.4) is 0 Å². The highest BCUT2D eigenvalue weighted by molar-refractivity contribution is 7.99. The number of nitrogens with one attached hydrogen (secondary N) is 2. The Bertz CT molecular complexity index is 564. The highest BCUT2D eigenvalue weighted by Gasteiger charge is 2.34. The summed E-state index contributed by atoms with van der Waals surface area (Å²) in [6.45, 7) is 5.66. The predicted octanol–water partition coefficient (Wildman–Crippen LogP) is 3.87. The van der Waals surface area contributed by atoms with E-state index in [0.29, 0.717) is 12.1 Å². The number of amides is 1. The number of fused-ring (bicyclic) bond motifs is 1. The number of rotatable bonds is 3. The van der Waals surface area contributed by atoms with Crippen LogP contribution >= 0.6 is 11.8 Å². The summed E-state index contributed by atoms with van der Waals surface area (Å²) in [6.07, 6.45) is 2.82. The highest BCUT2D eigenvalue weighted by atomic mass is 32.2. The lowest BCUT2D eigenvalue weighted by Gasteiger charge is -2.40. The molecule has 2 N–H and O–H groups in total. The molecule has 1 aliphatic carbocycles. The summed E-state index contributed by atoms with van der Waals surface area (Å²) in [7, 11) is 0. The summed E-state index contributed by atoms with van der Waals surface area (Å²) in [4.78, 5) is 13.2. The van der Waals surface area contributed by atoms with Gasteiger partial charge >= 0.3 is 6.09 Å². The van der Waals surface area contributed by atoms with Crippen LogP contribution in [0.5, 0.6) is 0 Å². The van der Waals surface area contributed by atoms with E-state index in [1.54, 1.807) is 0 Å². The fourth-order valence-corrected chi connectivity index (χ4v) is 4.27. The van der Waals surface area contributed by atoms with Gasteiger partial charge in [0.1, 0.15) is 5.60 Å². The zero-order valence-corrected chi connectivity index (χ0v) is 14.9. The number of thioether (sulfide) groups is 1. The van der Waals surface area contributed by atoms with Gasteiger partial charge in [-0.25, -0.2) is 4.79 Å². The van der Waals surface area contributed by atoms with Crippen LogP contribution in [0.1, 0.15) is 51.6 Å². The lowest BCUT2D eigenvalue weighted by Crippen LogP contribution is -2.54. The third-order valence-electron chi connectivity index (χ3n) is 4.25. The number of ether oxygens (including phenoxy) is 1. The Balaban J connectivity index is 1.45. The second-order valence-electron chi connectivity index (χ2n) is 7.41. The summed E-state index contributed by atoms with van der Waals surface area (Å²) >= 11 is 1.95. The van der Waals surface area contributed by atoms with E-state index in [4.69, 9.17) is 4.74 Å². The number of hydrogen-bond donors (Lipinski definition) is 2. The summed E-state index contributed by atoms with van der Waals surface area (Å²) in [5, 5.41) is 6.71. The molecule has 126 valence electrons. The average molecular weight is 334 g/mol. The molecular weight excluding hydrogens is 308 g/mol. The maximum absolute atomic E-state index is 11.8. The predicted molar refractivity (Wildman–Crippen MR) is 93.8 cm³/mol. The fourth-order valence-electron chi connectivity index (χ4n) is 3.15. The molecule has 0 aromatic heterocycles. The first kappa shape index (κ1) is 16.7. The van der Waals surface area contributed by atoms with Crippen molar-refractivity contribution in [1.82, 2.24) is 10.6 Å². The molecule has 1 saturated carbocycles. The smallest absolute Gasteiger partial charge is 0.407 e. The van der Waals surface area contributed by atoms with E-state index < -0.39 is 5.60 Å². The van der Waals surface area contributed by atoms with Gasteiger partial charge < -0.3 is 15.4 Å². The van der Waals surface area contributed by atoms with Gasteiger partial charge in [-0.15, -0.1) is 11.8 Å². The third kappa shape index (κ3) is 4.42. The largest absolute Gasteiger partial charge is 0.444 e. The molecule has 1 aromatic rings. The van der Waals surface area contributed by atoms with Crippen LogP contribution in [-0.2, 0) is 4.74 Å². The minimum Gasteiger partial charge on any atom is -0.444 e. The van der Waals surface area contributed by atoms with Crippen molar-refractivity contribution < 1.29 is 9.53 Å². The van der Waals surface area contributed by atoms with Gasteiger partial charge in [0, 0.05) is 23.0 Å². The summed E-state index contributed by atoms with van der Waals surface area (Å²) < 4.78 is 5.30.